The van der Waals surface area contributed by atoms with E-state index in [9.17, 15) is 9.90 Å². The number of aromatic hydroxyl groups is 1. The van der Waals surface area contributed by atoms with Crippen LogP contribution < -0.4 is 4.90 Å². The Labute approximate surface area is 203 Å². The molecule has 9 heteroatoms. The Bertz CT molecular complexity index is 1150. The number of hydrogen-bond acceptors (Lipinski definition) is 8. The van der Waals surface area contributed by atoms with Gasteiger partial charge in [0.25, 0.3) is 0 Å². The fourth-order valence-corrected chi connectivity index (χ4v) is 3.17. The number of rotatable bonds is 10. The van der Waals surface area contributed by atoms with E-state index < -0.39 is 0 Å². The molecule has 3 aromatic carbocycles. The van der Waals surface area contributed by atoms with Gasteiger partial charge in [0, 0.05) is 24.7 Å². The number of carbonyl (C=O) groups is 1. The van der Waals surface area contributed by atoms with Crippen molar-refractivity contribution >= 4 is 46.0 Å². The fourth-order valence-electron chi connectivity index (χ4n) is 2.96. The van der Waals surface area contributed by atoms with Crippen LogP contribution in [0, 0.1) is 0 Å². The number of ether oxygens (including phenoxy) is 1. The molecule has 0 aliphatic carbocycles. The number of carbonyl (C=O) groups excluding carboxylic acids is 1. The second-order valence-electron chi connectivity index (χ2n) is 7.22. The van der Waals surface area contributed by atoms with E-state index in [0.717, 1.165) is 17.9 Å². The van der Waals surface area contributed by atoms with Gasteiger partial charge in [0.2, 0.25) is 0 Å². The fraction of sp³-hybridized carbons (Fsp3) is 0.240. The highest BCUT2D eigenvalue weighted by Crippen LogP contribution is 2.30. The summed E-state index contributed by atoms with van der Waals surface area (Å²) in [7, 11) is 0. The van der Waals surface area contributed by atoms with Gasteiger partial charge in [-0.2, -0.15) is 15.3 Å². The molecule has 8 nitrogen and oxygen atoms in total. The SMILES string of the molecule is CCC(=O)OCCN(CC)c1ccc(N=Nc2ccc(N=Nc3ccc(O)cc3Cl)cc2)cc1. The molecular formula is C25H26ClN5O3. The first-order valence-electron chi connectivity index (χ1n) is 10.9. The zero-order valence-electron chi connectivity index (χ0n) is 19.1. The van der Waals surface area contributed by atoms with Gasteiger partial charge in [-0.25, -0.2) is 0 Å². The minimum Gasteiger partial charge on any atom is -0.508 e. The first kappa shape index (κ1) is 24.9. The lowest BCUT2D eigenvalue weighted by molar-refractivity contribution is -0.142. The third-order valence-corrected chi connectivity index (χ3v) is 5.15. The first-order valence-corrected chi connectivity index (χ1v) is 11.3. The van der Waals surface area contributed by atoms with Gasteiger partial charge in [0.1, 0.15) is 18.0 Å². The van der Waals surface area contributed by atoms with Gasteiger partial charge in [0.05, 0.1) is 28.6 Å². The number of hydrogen-bond donors (Lipinski definition) is 1. The topological polar surface area (TPSA) is 99.2 Å². The van der Waals surface area contributed by atoms with Crippen LogP contribution in [0.3, 0.4) is 0 Å². The Balaban J connectivity index is 1.57. The highest BCUT2D eigenvalue weighted by atomic mass is 35.5. The van der Waals surface area contributed by atoms with Crippen molar-refractivity contribution in [2.75, 3.05) is 24.6 Å². The van der Waals surface area contributed by atoms with Gasteiger partial charge in [-0.05, 0) is 67.6 Å². The smallest absolute Gasteiger partial charge is 0.305 e. The highest BCUT2D eigenvalue weighted by molar-refractivity contribution is 6.33. The molecule has 0 saturated carbocycles. The van der Waals surface area contributed by atoms with Crippen molar-refractivity contribution in [2.45, 2.75) is 20.3 Å². The minimum atomic E-state index is -0.190. The zero-order valence-corrected chi connectivity index (χ0v) is 19.8. The lowest BCUT2D eigenvalue weighted by Gasteiger charge is -2.22. The van der Waals surface area contributed by atoms with E-state index in [4.69, 9.17) is 16.3 Å². The van der Waals surface area contributed by atoms with Crippen LogP contribution in [-0.2, 0) is 9.53 Å². The molecule has 1 N–H and O–H groups in total. The molecule has 0 aliphatic heterocycles. The van der Waals surface area contributed by atoms with Gasteiger partial charge in [0.15, 0.2) is 0 Å². The Morgan fingerprint density at radius 1 is 0.882 bits per heavy atom. The van der Waals surface area contributed by atoms with Crippen LogP contribution >= 0.6 is 11.6 Å². The number of anilines is 1. The van der Waals surface area contributed by atoms with Crippen LogP contribution in [0.1, 0.15) is 20.3 Å². The van der Waals surface area contributed by atoms with Crippen LogP contribution in [0.15, 0.2) is 87.2 Å². The van der Waals surface area contributed by atoms with Crippen molar-refractivity contribution in [3.63, 3.8) is 0 Å². The summed E-state index contributed by atoms with van der Waals surface area (Å²) in [5, 5.41) is 26.5. The van der Waals surface area contributed by atoms with Crippen molar-refractivity contribution in [1.82, 2.24) is 0 Å². The molecule has 3 aromatic rings. The predicted molar refractivity (Wildman–Crippen MR) is 133 cm³/mol. The first-order chi connectivity index (χ1) is 16.5. The molecule has 34 heavy (non-hydrogen) atoms. The molecule has 0 aromatic heterocycles. The highest BCUT2D eigenvalue weighted by Gasteiger charge is 2.06. The number of benzene rings is 3. The van der Waals surface area contributed by atoms with Gasteiger partial charge in [-0.3, -0.25) is 4.79 Å². The summed E-state index contributed by atoms with van der Waals surface area (Å²) in [5.74, 6) is -0.115. The van der Waals surface area contributed by atoms with Crippen molar-refractivity contribution < 1.29 is 14.6 Å². The number of halogens is 1. The van der Waals surface area contributed by atoms with Crippen molar-refractivity contribution in [3.05, 3.63) is 71.8 Å². The second-order valence-corrected chi connectivity index (χ2v) is 7.63. The summed E-state index contributed by atoms with van der Waals surface area (Å²) < 4.78 is 5.17. The van der Waals surface area contributed by atoms with E-state index in [1.165, 1.54) is 12.1 Å². The van der Waals surface area contributed by atoms with Gasteiger partial charge in [-0.1, -0.05) is 18.5 Å². The number of likely N-dealkylation sites (N-methyl/N-ethyl adjacent to an activating group) is 1. The Kier molecular flexibility index (Phi) is 9.11. The summed E-state index contributed by atoms with van der Waals surface area (Å²) in [4.78, 5) is 13.4. The Morgan fingerprint density at radius 2 is 1.44 bits per heavy atom. The molecule has 0 heterocycles. The van der Waals surface area contributed by atoms with Crippen molar-refractivity contribution in [2.24, 2.45) is 20.5 Å². The lowest BCUT2D eigenvalue weighted by atomic mass is 10.2. The summed E-state index contributed by atoms with van der Waals surface area (Å²) in [6.45, 7) is 5.62. The van der Waals surface area contributed by atoms with Gasteiger partial charge < -0.3 is 14.7 Å². The number of azo groups is 2. The van der Waals surface area contributed by atoms with Gasteiger partial charge >= 0.3 is 5.97 Å². The summed E-state index contributed by atoms with van der Waals surface area (Å²) in [6, 6.07) is 19.4. The van der Waals surface area contributed by atoms with E-state index in [-0.39, 0.29) is 11.7 Å². The molecule has 0 radical (unpaired) electrons. The maximum Gasteiger partial charge on any atom is 0.305 e. The van der Waals surface area contributed by atoms with E-state index in [2.05, 4.69) is 32.3 Å². The minimum absolute atomic E-state index is 0.0747. The average Bonchev–Trinajstić information content (AvgIpc) is 2.86. The van der Waals surface area contributed by atoms with Crippen LogP contribution in [0.4, 0.5) is 28.4 Å². The standard InChI is InChI=1S/C25H26ClN5O3/c1-3-25(33)34-16-15-31(4-2)21-11-9-20(10-12-21)28-27-18-5-7-19(8-6-18)29-30-24-14-13-22(32)17-23(24)26/h5-14,17,32H,3-4,15-16H2,1-2H3. The third-order valence-electron chi connectivity index (χ3n) is 4.84. The van der Waals surface area contributed by atoms with Crippen LogP contribution in [0.5, 0.6) is 5.75 Å². The number of phenolic OH excluding ortho intramolecular Hbond substituents is 1. The maximum atomic E-state index is 11.3. The normalized spacial score (nSPS) is 11.3. The summed E-state index contributed by atoms with van der Waals surface area (Å²) >= 11 is 6.03. The van der Waals surface area contributed by atoms with Crippen LogP contribution in [0.2, 0.25) is 5.02 Å². The monoisotopic (exact) mass is 479 g/mol. The molecule has 0 aliphatic rings. The summed E-state index contributed by atoms with van der Waals surface area (Å²) in [5.41, 5.74) is 3.53. The lowest BCUT2D eigenvalue weighted by Crippen LogP contribution is -2.27. The van der Waals surface area contributed by atoms with E-state index in [0.29, 0.717) is 41.7 Å². The number of esters is 1. The quantitative estimate of drug-likeness (QED) is 0.238. The van der Waals surface area contributed by atoms with Crippen molar-refractivity contribution in [3.8, 4) is 5.75 Å². The third kappa shape index (κ3) is 7.38. The molecule has 0 atom stereocenters. The molecule has 0 spiro atoms. The predicted octanol–water partition coefficient (Wildman–Crippen LogP) is 7.66. The van der Waals surface area contributed by atoms with E-state index in [1.807, 2.05) is 24.3 Å². The van der Waals surface area contributed by atoms with E-state index >= 15 is 0 Å². The molecule has 176 valence electrons. The molecular weight excluding hydrogens is 454 g/mol. The molecule has 3 rings (SSSR count). The average molecular weight is 480 g/mol. The van der Waals surface area contributed by atoms with Crippen LogP contribution in [0.25, 0.3) is 0 Å². The van der Waals surface area contributed by atoms with Crippen molar-refractivity contribution in [1.29, 1.82) is 0 Å². The molecule has 0 saturated heterocycles. The Hall–Kier alpha value is -3.78. The molecule has 0 bridgehead atoms. The second kappa shape index (κ2) is 12.5. The zero-order chi connectivity index (χ0) is 24.3. The van der Waals surface area contributed by atoms with E-state index in [1.54, 1.807) is 37.3 Å². The van der Waals surface area contributed by atoms with Crippen LogP contribution in [-0.4, -0.2) is 30.8 Å². The van der Waals surface area contributed by atoms with Gasteiger partial charge in [-0.15, -0.1) is 5.11 Å². The summed E-state index contributed by atoms with van der Waals surface area (Å²) in [6.07, 6.45) is 0.382. The Morgan fingerprint density at radius 3 is 1.97 bits per heavy atom. The molecule has 0 fully saturated rings. The number of nitrogens with zero attached hydrogens (tertiary/aromatic N) is 5. The largest absolute Gasteiger partial charge is 0.508 e. The maximum absolute atomic E-state index is 11.3. The molecule has 0 unspecified atom stereocenters. The molecule has 0 amide bonds. The number of phenols is 1.